The van der Waals surface area contributed by atoms with Crippen LogP contribution in [0, 0.1) is 6.92 Å². The quantitative estimate of drug-likeness (QED) is 0.801. The van der Waals surface area contributed by atoms with Crippen molar-refractivity contribution in [3.63, 3.8) is 0 Å². The van der Waals surface area contributed by atoms with Gasteiger partial charge >= 0.3 is 0 Å². The van der Waals surface area contributed by atoms with Gasteiger partial charge in [0.2, 0.25) is 5.91 Å². The fraction of sp³-hybridized carbons (Fsp3) is 0.133. The summed E-state index contributed by atoms with van der Waals surface area (Å²) >= 11 is 7.32. The molecule has 0 unspecified atom stereocenters. The van der Waals surface area contributed by atoms with Crippen LogP contribution in [0.25, 0.3) is 10.2 Å². The van der Waals surface area contributed by atoms with Crippen LogP contribution in [0.5, 0.6) is 0 Å². The Hall–Kier alpha value is -2.18. The number of carbonyl (C=O) groups excluding carboxylic acids is 1. The standard InChI is InChI=1S/C15H12ClN3O2S/c1-9-2-3-10(16)6-12(9)18-13(20)7-19-8-17-14-11(15(19)21)4-5-22-14/h2-6,8H,7H2,1H3,(H,18,20). The summed E-state index contributed by atoms with van der Waals surface area (Å²) in [6.07, 6.45) is 1.39. The van der Waals surface area contributed by atoms with Crippen molar-refractivity contribution in [3.8, 4) is 0 Å². The highest BCUT2D eigenvalue weighted by Crippen LogP contribution is 2.20. The van der Waals surface area contributed by atoms with Crippen LogP contribution >= 0.6 is 22.9 Å². The summed E-state index contributed by atoms with van der Waals surface area (Å²) in [4.78, 5) is 29.2. The highest BCUT2D eigenvalue weighted by molar-refractivity contribution is 7.16. The molecule has 0 spiro atoms. The Labute approximate surface area is 135 Å². The number of hydrogen-bond acceptors (Lipinski definition) is 4. The molecule has 1 amide bonds. The Balaban J connectivity index is 1.82. The molecule has 2 heterocycles. The molecular weight excluding hydrogens is 322 g/mol. The number of aromatic nitrogens is 2. The summed E-state index contributed by atoms with van der Waals surface area (Å²) in [5, 5.41) is 5.63. The molecule has 3 rings (SSSR count). The maximum absolute atomic E-state index is 12.2. The first-order valence-electron chi connectivity index (χ1n) is 6.53. The summed E-state index contributed by atoms with van der Waals surface area (Å²) < 4.78 is 1.30. The molecular formula is C15H12ClN3O2S. The maximum atomic E-state index is 12.2. The highest BCUT2D eigenvalue weighted by atomic mass is 35.5. The second kappa shape index (κ2) is 5.90. The monoisotopic (exact) mass is 333 g/mol. The molecule has 1 aromatic carbocycles. The van der Waals surface area contributed by atoms with Gasteiger partial charge in [0.25, 0.3) is 5.56 Å². The Kier molecular flexibility index (Phi) is 3.96. The van der Waals surface area contributed by atoms with Gasteiger partial charge in [-0.2, -0.15) is 0 Å². The third-order valence-corrected chi connectivity index (χ3v) is 4.29. The summed E-state index contributed by atoms with van der Waals surface area (Å²) in [6, 6.07) is 6.97. The van der Waals surface area contributed by atoms with Gasteiger partial charge in [-0.3, -0.25) is 14.2 Å². The van der Waals surface area contributed by atoms with Crippen LogP contribution in [-0.2, 0) is 11.3 Å². The number of nitrogens with zero attached hydrogens (tertiary/aromatic N) is 2. The summed E-state index contributed by atoms with van der Waals surface area (Å²) in [5.41, 5.74) is 1.32. The Bertz CT molecular complexity index is 917. The molecule has 22 heavy (non-hydrogen) atoms. The smallest absolute Gasteiger partial charge is 0.262 e. The van der Waals surface area contributed by atoms with E-state index < -0.39 is 0 Å². The molecule has 112 valence electrons. The number of halogens is 1. The number of fused-ring (bicyclic) bond motifs is 1. The molecule has 0 atom stereocenters. The van der Waals surface area contributed by atoms with E-state index in [0.29, 0.717) is 20.9 Å². The van der Waals surface area contributed by atoms with Gasteiger partial charge in [-0.05, 0) is 36.1 Å². The predicted octanol–water partition coefficient (Wildman–Crippen LogP) is 3.06. The predicted molar refractivity (Wildman–Crippen MR) is 88.7 cm³/mol. The molecule has 0 aliphatic heterocycles. The van der Waals surface area contributed by atoms with Crippen molar-refractivity contribution < 1.29 is 4.79 Å². The van der Waals surface area contributed by atoms with E-state index in [2.05, 4.69) is 10.3 Å². The lowest BCUT2D eigenvalue weighted by Crippen LogP contribution is -2.27. The molecule has 5 nitrogen and oxygen atoms in total. The first-order chi connectivity index (χ1) is 10.5. The van der Waals surface area contributed by atoms with Gasteiger partial charge < -0.3 is 5.32 Å². The Morgan fingerprint density at radius 3 is 3.05 bits per heavy atom. The van der Waals surface area contributed by atoms with Crippen molar-refractivity contribution >= 4 is 44.7 Å². The van der Waals surface area contributed by atoms with Gasteiger partial charge in [-0.15, -0.1) is 11.3 Å². The molecule has 1 N–H and O–H groups in total. The zero-order valence-electron chi connectivity index (χ0n) is 11.7. The summed E-state index contributed by atoms with van der Waals surface area (Å²) in [5.74, 6) is -0.302. The van der Waals surface area contributed by atoms with E-state index >= 15 is 0 Å². The lowest BCUT2D eigenvalue weighted by Gasteiger charge is -2.10. The maximum Gasteiger partial charge on any atom is 0.262 e. The number of thiophene rings is 1. The lowest BCUT2D eigenvalue weighted by atomic mass is 10.2. The fourth-order valence-corrected chi connectivity index (χ4v) is 2.97. The van der Waals surface area contributed by atoms with E-state index in [-0.39, 0.29) is 18.0 Å². The van der Waals surface area contributed by atoms with E-state index in [1.807, 2.05) is 13.0 Å². The molecule has 2 aromatic heterocycles. The molecule has 7 heteroatoms. The first kappa shape index (κ1) is 14.7. The number of benzene rings is 1. The van der Waals surface area contributed by atoms with E-state index in [4.69, 9.17) is 11.6 Å². The number of amides is 1. The van der Waals surface area contributed by atoms with Crippen LogP contribution in [0.15, 0.2) is 40.8 Å². The lowest BCUT2D eigenvalue weighted by molar-refractivity contribution is -0.116. The number of anilines is 1. The third kappa shape index (κ3) is 2.88. The van der Waals surface area contributed by atoms with Crippen molar-refractivity contribution in [2.45, 2.75) is 13.5 Å². The van der Waals surface area contributed by atoms with E-state index in [0.717, 1.165) is 5.56 Å². The number of aryl methyl sites for hydroxylation is 1. The fourth-order valence-electron chi connectivity index (χ4n) is 2.08. The topological polar surface area (TPSA) is 64.0 Å². The van der Waals surface area contributed by atoms with Gasteiger partial charge in [0.1, 0.15) is 11.4 Å². The largest absolute Gasteiger partial charge is 0.324 e. The van der Waals surface area contributed by atoms with Gasteiger partial charge in [0.05, 0.1) is 11.7 Å². The van der Waals surface area contributed by atoms with Crippen molar-refractivity contribution in [2.75, 3.05) is 5.32 Å². The van der Waals surface area contributed by atoms with Crippen LogP contribution in [0.4, 0.5) is 5.69 Å². The number of hydrogen-bond donors (Lipinski definition) is 1. The average Bonchev–Trinajstić information content (AvgIpc) is 2.95. The molecule has 3 aromatic rings. The van der Waals surface area contributed by atoms with Crippen molar-refractivity contribution in [1.82, 2.24) is 9.55 Å². The summed E-state index contributed by atoms with van der Waals surface area (Å²) in [6.45, 7) is 1.78. The number of rotatable bonds is 3. The molecule has 0 aliphatic carbocycles. The van der Waals surface area contributed by atoms with Gasteiger partial charge in [-0.25, -0.2) is 4.98 Å². The average molecular weight is 334 g/mol. The molecule has 0 saturated heterocycles. The molecule has 0 radical (unpaired) electrons. The van der Waals surface area contributed by atoms with Gasteiger partial charge in [-0.1, -0.05) is 17.7 Å². The molecule has 0 fully saturated rings. The minimum atomic E-state index is -0.302. The normalized spacial score (nSPS) is 10.8. The highest BCUT2D eigenvalue weighted by Gasteiger charge is 2.10. The van der Waals surface area contributed by atoms with Crippen LogP contribution in [0.1, 0.15) is 5.56 Å². The molecule has 0 saturated carbocycles. The van der Waals surface area contributed by atoms with Crippen molar-refractivity contribution in [3.05, 3.63) is 56.9 Å². The zero-order valence-corrected chi connectivity index (χ0v) is 13.2. The van der Waals surface area contributed by atoms with E-state index in [1.165, 1.54) is 22.2 Å². The SMILES string of the molecule is Cc1ccc(Cl)cc1NC(=O)Cn1cnc2sccc2c1=O. The molecule has 0 bridgehead atoms. The Morgan fingerprint density at radius 2 is 2.23 bits per heavy atom. The summed E-state index contributed by atoms with van der Waals surface area (Å²) in [7, 11) is 0. The van der Waals surface area contributed by atoms with Gasteiger partial charge in [0.15, 0.2) is 0 Å². The second-order valence-electron chi connectivity index (χ2n) is 4.82. The second-order valence-corrected chi connectivity index (χ2v) is 6.16. The first-order valence-corrected chi connectivity index (χ1v) is 7.79. The van der Waals surface area contributed by atoms with Crippen LogP contribution in [0.2, 0.25) is 5.02 Å². The van der Waals surface area contributed by atoms with E-state index in [9.17, 15) is 9.59 Å². The number of nitrogens with one attached hydrogen (secondary N) is 1. The van der Waals surface area contributed by atoms with Crippen molar-refractivity contribution in [2.24, 2.45) is 0 Å². The zero-order chi connectivity index (χ0) is 15.7. The molecule has 0 aliphatic rings. The third-order valence-electron chi connectivity index (χ3n) is 3.24. The van der Waals surface area contributed by atoms with Crippen molar-refractivity contribution in [1.29, 1.82) is 0 Å². The van der Waals surface area contributed by atoms with Crippen LogP contribution < -0.4 is 10.9 Å². The van der Waals surface area contributed by atoms with E-state index in [1.54, 1.807) is 23.6 Å². The minimum Gasteiger partial charge on any atom is -0.324 e. The van der Waals surface area contributed by atoms with Crippen LogP contribution in [0.3, 0.4) is 0 Å². The minimum absolute atomic E-state index is 0.0937. The van der Waals surface area contributed by atoms with Crippen LogP contribution in [-0.4, -0.2) is 15.5 Å². The Morgan fingerprint density at radius 1 is 1.41 bits per heavy atom. The van der Waals surface area contributed by atoms with Gasteiger partial charge in [0, 0.05) is 10.7 Å². The number of carbonyl (C=O) groups is 1.